The predicted octanol–water partition coefficient (Wildman–Crippen LogP) is 2.01. The molecular weight excluding hydrogens is 362 g/mol. The summed E-state index contributed by atoms with van der Waals surface area (Å²) >= 11 is 0. The van der Waals surface area contributed by atoms with Crippen LogP contribution in [0.3, 0.4) is 0 Å². The maximum absolute atomic E-state index is 12.9. The Morgan fingerprint density at radius 3 is 2.15 bits per heavy atom. The molecule has 0 spiro atoms. The van der Waals surface area contributed by atoms with Gasteiger partial charge < -0.3 is 10.6 Å². The molecule has 0 saturated carbocycles. The van der Waals surface area contributed by atoms with Gasteiger partial charge in [-0.2, -0.15) is 0 Å². The predicted molar refractivity (Wildman–Crippen MR) is 109 cm³/mol. The summed E-state index contributed by atoms with van der Waals surface area (Å²) in [6.45, 7) is 13.5. The smallest absolute Gasteiger partial charge is 0.241 e. The molecule has 1 aromatic carbocycles. The first-order valence-electron chi connectivity index (χ1n) is 9.63. The number of carbonyl (C=O) groups is 1. The Kier molecular flexibility index (Phi) is 7.05. The van der Waals surface area contributed by atoms with Crippen LogP contribution in [0.4, 0.5) is 0 Å². The van der Waals surface area contributed by atoms with E-state index in [9.17, 15) is 13.2 Å². The number of piperidine rings is 1. The molecule has 1 heterocycles. The monoisotopic (exact) mass is 395 g/mol. The van der Waals surface area contributed by atoms with Crippen molar-refractivity contribution in [2.45, 2.75) is 65.3 Å². The van der Waals surface area contributed by atoms with Gasteiger partial charge >= 0.3 is 0 Å². The third-order valence-electron chi connectivity index (χ3n) is 6.02. The maximum atomic E-state index is 12.9. The summed E-state index contributed by atoms with van der Waals surface area (Å²) in [5.41, 5.74) is 4.66. The molecule has 1 saturated heterocycles. The highest BCUT2D eigenvalue weighted by Crippen LogP contribution is 2.29. The van der Waals surface area contributed by atoms with Gasteiger partial charge in [-0.05, 0) is 81.3 Å². The van der Waals surface area contributed by atoms with E-state index in [1.165, 1.54) is 0 Å². The first kappa shape index (κ1) is 21.9. The van der Waals surface area contributed by atoms with E-state index in [0.717, 1.165) is 47.3 Å². The highest BCUT2D eigenvalue weighted by molar-refractivity contribution is 7.89. The summed E-state index contributed by atoms with van der Waals surface area (Å²) in [4.78, 5) is 12.5. The van der Waals surface area contributed by atoms with Crippen LogP contribution in [0.1, 0.15) is 47.6 Å². The summed E-state index contributed by atoms with van der Waals surface area (Å²) in [7, 11) is -3.67. The highest BCUT2D eigenvalue weighted by Gasteiger charge is 2.25. The van der Waals surface area contributed by atoms with Gasteiger partial charge in [0.1, 0.15) is 0 Å². The van der Waals surface area contributed by atoms with Crippen LogP contribution in [0.5, 0.6) is 0 Å². The quantitative estimate of drug-likeness (QED) is 0.688. The van der Waals surface area contributed by atoms with E-state index < -0.39 is 10.0 Å². The molecule has 27 heavy (non-hydrogen) atoms. The summed E-state index contributed by atoms with van der Waals surface area (Å²) in [6, 6.07) is 0.106. The largest absolute Gasteiger partial charge is 0.352 e. The second-order valence-corrected chi connectivity index (χ2v) is 9.45. The van der Waals surface area contributed by atoms with Crippen molar-refractivity contribution in [1.82, 2.24) is 15.4 Å². The van der Waals surface area contributed by atoms with Crippen molar-refractivity contribution < 1.29 is 13.2 Å². The molecule has 1 fully saturated rings. The van der Waals surface area contributed by atoms with E-state index in [1.54, 1.807) is 0 Å². The third-order valence-corrected chi connectivity index (χ3v) is 7.75. The van der Waals surface area contributed by atoms with Crippen molar-refractivity contribution in [3.8, 4) is 0 Å². The van der Waals surface area contributed by atoms with Crippen molar-refractivity contribution in [1.29, 1.82) is 0 Å². The van der Waals surface area contributed by atoms with Gasteiger partial charge in [-0.3, -0.25) is 4.79 Å². The minimum atomic E-state index is -3.67. The minimum absolute atomic E-state index is 0.0908. The van der Waals surface area contributed by atoms with Crippen molar-refractivity contribution in [2.24, 2.45) is 5.92 Å². The van der Waals surface area contributed by atoms with Crippen LogP contribution in [0.25, 0.3) is 0 Å². The zero-order valence-corrected chi connectivity index (χ0v) is 18.1. The molecule has 2 atom stereocenters. The van der Waals surface area contributed by atoms with Gasteiger partial charge in [-0.15, -0.1) is 0 Å². The average molecular weight is 396 g/mol. The molecule has 1 aromatic rings. The van der Waals surface area contributed by atoms with Gasteiger partial charge in [0, 0.05) is 25.6 Å². The lowest BCUT2D eigenvalue weighted by Crippen LogP contribution is -2.50. The van der Waals surface area contributed by atoms with Gasteiger partial charge in [0.25, 0.3) is 0 Å². The summed E-state index contributed by atoms with van der Waals surface area (Å²) in [5.74, 6) is 0.304. The van der Waals surface area contributed by atoms with Gasteiger partial charge in [-0.1, -0.05) is 6.92 Å². The number of amides is 1. The Morgan fingerprint density at radius 2 is 1.59 bits per heavy atom. The Hall–Kier alpha value is -1.44. The summed E-state index contributed by atoms with van der Waals surface area (Å²) < 4.78 is 28.3. The number of hydrogen-bond donors (Lipinski definition) is 3. The highest BCUT2D eigenvalue weighted by atomic mass is 32.2. The molecule has 3 N–H and O–H groups in total. The summed E-state index contributed by atoms with van der Waals surface area (Å²) in [5, 5.41) is 6.28. The van der Waals surface area contributed by atoms with Crippen molar-refractivity contribution in [2.75, 3.05) is 19.6 Å². The van der Waals surface area contributed by atoms with E-state index in [-0.39, 0.29) is 24.9 Å². The van der Waals surface area contributed by atoms with Crippen molar-refractivity contribution in [3.05, 3.63) is 27.8 Å². The summed E-state index contributed by atoms with van der Waals surface area (Å²) in [6.07, 6.45) is 1.16. The molecule has 6 nitrogen and oxygen atoms in total. The maximum Gasteiger partial charge on any atom is 0.241 e. The van der Waals surface area contributed by atoms with Crippen molar-refractivity contribution in [3.63, 3.8) is 0 Å². The molecule has 1 aliphatic rings. The first-order chi connectivity index (χ1) is 12.6. The fourth-order valence-corrected chi connectivity index (χ4v) is 5.33. The Labute approximate surface area is 163 Å². The second kappa shape index (κ2) is 8.71. The number of carbonyl (C=O) groups excluding carboxylic acids is 1. The van der Waals surface area contributed by atoms with E-state index in [2.05, 4.69) is 22.3 Å². The van der Waals surface area contributed by atoms with Gasteiger partial charge in [0.2, 0.25) is 15.9 Å². The molecule has 0 aromatic heterocycles. The molecule has 7 heteroatoms. The SMILES string of the molecule is Cc1c(C)c(C)c(S(=O)(=O)NCCC(=O)NC2CNCCC2C)c(C)c1C. The average Bonchev–Trinajstić information content (AvgIpc) is 2.60. The standard InChI is InChI=1S/C20H33N3O3S/c1-12-7-9-21-11-18(12)23-19(24)8-10-22-27(25,26)20-16(5)14(3)13(2)15(4)17(20)6/h12,18,21-22H,7-11H2,1-6H3,(H,23,24). The molecule has 0 aliphatic carbocycles. The second-order valence-electron chi connectivity index (χ2n) is 7.75. The molecule has 1 amide bonds. The molecule has 152 valence electrons. The van der Waals surface area contributed by atoms with Crippen LogP contribution in [-0.2, 0) is 14.8 Å². The topological polar surface area (TPSA) is 87.3 Å². The van der Waals surface area contributed by atoms with Crippen LogP contribution in [0.15, 0.2) is 4.90 Å². The first-order valence-corrected chi connectivity index (χ1v) is 11.1. The van der Waals surface area contributed by atoms with Gasteiger partial charge in [0.15, 0.2) is 0 Å². The lowest BCUT2D eigenvalue weighted by Gasteiger charge is -2.30. The van der Waals surface area contributed by atoms with E-state index in [4.69, 9.17) is 0 Å². The Morgan fingerprint density at radius 1 is 1.04 bits per heavy atom. The van der Waals surface area contributed by atoms with Crippen molar-refractivity contribution >= 4 is 15.9 Å². The number of sulfonamides is 1. The lowest BCUT2D eigenvalue weighted by atomic mass is 9.95. The fourth-order valence-electron chi connectivity index (χ4n) is 3.70. The minimum Gasteiger partial charge on any atom is -0.352 e. The Balaban J connectivity index is 2.02. The van der Waals surface area contributed by atoms with Gasteiger partial charge in [-0.25, -0.2) is 13.1 Å². The zero-order valence-electron chi connectivity index (χ0n) is 17.3. The lowest BCUT2D eigenvalue weighted by molar-refractivity contribution is -0.122. The van der Waals surface area contributed by atoms with Crippen LogP contribution in [0.2, 0.25) is 0 Å². The zero-order chi connectivity index (χ0) is 20.4. The molecule has 1 aliphatic heterocycles. The van der Waals surface area contributed by atoms with Crippen LogP contribution in [-0.4, -0.2) is 40.0 Å². The van der Waals surface area contributed by atoms with E-state index >= 15 is 0 Å². The van der Waals surface area contributed by atoms with Gasteiger partial charge in [0.05, 0.1) is 4.90 Å². The normalized spacial score (nSPS) is 20.5. The third kappa shape index (κ3) is 4.89. The molecule has 0 radical (unpaired) electrons. The van der Waals surface area contributed by atoms with E-state index in [0.29, 0.717) is 10.8 Å². The van der Waals surface area contributed by atoms with Crippen LogP contribution in [0, 0.1) is 40.5 Å². The molecule has 2 rings (SSSR count). The fraction of sp³-hybridized carbons (Fsp3) is 0.650. The van der Waals surface area contributed by atoms with Crippen LogP contribution >= 0.6 is 0 Å². The molecule has 0 bridgehead atoms. The number of hydrogen-bond acceptors (Lipinski definition) is 4. The number of nitrogens with one attached hydrogen (secondary N) is 3. The van der Waals surface area contributed by atoms with E-state index in [1.807, 2.05) is 34.6 Å². The molecule has 2 unspecified atom stereocenters. The molecular formula is C20H33N3O3S. The number of rotatable bonds is 6. The number of benzene rings is 1. The van der Waals surface area contributed by atoms with Crippen LogP contribution < -0.4 is 15.4 Å². The Bertz CT molecular complexity index is 789.